The van der Waals surface area contributed by atoms with Crippen molar-refractivity contribution < 1.29 is 14.3 Å². The molecule has 112 valence electrons. The van der Waals surface area contributed by atoms with Crippen LogP contribution in [-0.4, -0.2) is 35.9 Å². The van der Waals surface area contributed by atoms with E-state index < -0.39 is 5.54 Å². The Labute approximate surface area is 124 Å². The Morgan fingerprint density at radius 3 is 2.71 bits per heavy atom. The Kier molecular flexibility index (Phi) is 3.35. The van der Waals surface area contributed by atoms with E-state index in [2.05, 4.69) is 0 Å². The van der Waals surface area contributed by atoms with Crippen LogP contribution in [-0.2, 0) is 16.0 Å². The van der Waals surface area contributed by atoms with E-state index in [-0.39, 0.29) is 17.7 Å². The minimum absolute atomic E-state index is 0.0128. The summed E-state index contributed by atoms with van der Waals surface area (Å²) in [6.45, 7) is 0.633. The van der Waals surface area contributed by atoms with Crippen LogP contribution in [0.5, 0.6) is 5.75 Å². The minimum atomic E-state index is -0.693. The van der Waals surface area contributed by atoms with E-state index in [1.807, 2.05) is 24.3 Å². The molecule has 1 heterocycles. The second-order valence-electron chi connectivity index (χ2n) is 5.90. The van der Waals surface area contributed by atoms with Gasteiger partial charge in [-0.3, -0.25) is 9.59 Å². The molecule has 1 aliphatic carbocycles. The van der Waals surface area contributed by atoms with Crippen molar-refractivity contribution in [3.8, 4) is 5.75 Å². The van der Waals surface area contributed by atoms with Crippen LogP contribution in [0.1, 0.15) is 24.8 Å². The molecule has 2 fully saturated rings. The van der Waals surface area contributed by atoms with E-state index in [1.54, 1.807) is 12.0 Å². The van der Waals surface area contributed by atoms with Gasteiger partial charge in [0.1, 0.15) is 11.3 Å². The molecular formula is C16H20N2O3. The van der Waals surface area contributed by atoms with E-state index in [9.17, 15) is 9.59 Å². The summed E-state index contributed by atoms with van der Waals surface area (Å²) in [5.41, 5.74) is 5.78. The summed E-state index contributed by atoms with van der Waals surface area (Å²) in [4.78, 5) is 26.1. The molecule has 2 N–H and O–H groups in total. The molecule has 2 aliphatic rings. The summed E-state index contributed by atoms with van der Waals surface area (Å²) in [6.07, 6.45) is 2.98. The van der Waals surface area contributed by atoms with E-state index in [4.69, 9.17) is 10.5 Å². The molecule has 1 aromatic rings. The van der Waals surface area contributed by atoms with Gasteiger partial charge in [-0.05, 0) is 42.9 Å². The monoisotopic (exact) mass is 288 g/mol. The van der Waals surface area contributed by atoms with Gasteiger partial charge in [-0.2, -0.15) is 0 Å². The highest BCUT2D eigenvalue weighted by atomic mass is 16.5. The van der Waals surface area contributed by atoms with Gasteiger partial charge in [-0.1, -0.05) is 12.1 Å². The largest absolute Gasteiger partial charge is 0.497 e. The van der Waals surface area contributed by atoms with Crippen molar-refractivity contribution in [1.29, 1.82) is 0 Å². The van der Waals surface area contributed by atoms with E-state index in [0.29, 0.717) is 13.0 Å². The molecule has 1 aromatic carbocycles. The normalized spacial score (nSPS) is 26.9. The van der Waals surface area contributed by atoms with Gasteiger partial charge in [0.15, 0.2) is 0 Å². The molecule has 0 spiro atoms. The van der Waals surface area contributed by atoms with Crippen molar-refractivity contribution in [3.63, 3.8) is 0 Å². The lowest BCUT2D eigenvalue weighted by atomic mass is 10.00. The molecule has 0 unspecified atom stereocenters. The summed E-state index contributed by atoms with van der Waals surface area (Å²) >= 11 is 0. The lowest BCUT2D eigenvalue weighted by Gasteiger charge is -2.34. The fourth-order valence-electron chi connectivity index (χ4n) is 3.48. The first-order valence-electron chi connectivity index (χ1n) is 7.31. The summed E-state index contributed by atoms with van der Waals surface area (Å²) < 4.78 is 5.11. The smallest absolute Gasteiger partial charge is 0.243 e. The number of rotatable bonds is 4. The Balaban J connectivity index is 1.73. The van der Waals surface area contributed by atoms with Gasteiger partial charge in [0.2, 0.25) is 11.8 Å². The van der Waals surface area contributed by atoms with Gasteiger partial charge in [-0.25, -0.2) is 0 Å². The second kappa shape index (κ2) is 5.06. The van der Waals surface area contributed by atoms with Crippen molar-refractivity contribution >= 4 is 11.8 Å². The predicted molar refractivity (Wildman–Crippen MR) is 77.7 cm³/mol. The number of likely N-dealkylation sites (tertiary alicyclic amines) is 1. The van der Waals surface area contributed by atoms with Gasteiger partial charge >= 0.3 is 0 Å². The van der Waals surface area contributed by atoms with Crippen LogP contribution in [0.4, 0.5) is 0 Å². The molecule has 0 radical (unpaired) electrons. The molecule has 21 heavy (non-hydrogen) atoms. The highest BCUT2D eigenvalue weighted by molar-refractivity contribution is 5.94. The topological polar surface area (TPSA) is 72.6 Å². The molecule has 5 heteroatoms. The maximum atomic E-state index is 12.6. The third-order valence-corrected chi connectivity index (χ3v) is 4.73. The van der Waals surface area contributed by atoms with Gasteiger partial charge in [-0.15, -0.1) is 0 Å². The van der Waals surface area contributed by atoms with Crippen molar-refractivity contribution in [2.75, 3.05) is 13.7 Å². The SMILES string of the molecule is COc1ccc(CC(=O)N2CCC[C@@H]3C[C@@]32C(N)=O)cc1. The van der Waals surface area contributed by atoms with E-state index in [0.717, 1.165) is 30.6 Å². The fourth-order valence-corrected chi connectivity index (χ4v) is 3.48. The van der Waals surface area contributed by atoms with Crippen LogP contribution in [0.25, 0.3) is 0 Å². The number of benzene rings is 1. The summed E-state index contributed by atoms with van der Waals surface area (Å²) in [5.74, 6) is 0.667. The van der Waals surface area contributed by atoms with Crippen LogP contribution in [0.2, 0.25) is 0 Å². The number of carbonyl (C=O) groups excluding carboxylic acids is 2. The van der Waals surface area contributed by atoms with Crippen molar-refractivity contribution in [1.82, 2.24) is 4.90 Å². The number of piperidine rings is 1. The van der Waals surface area contributed by atoms with Gasteiger partial charge in [0.05, 0.1) is 13.5 Å². The van der Waals surface area contributed by atoms with Gasteiger partial charge in [0, 0.05) is 6.54 Å². The number of nitrogens with zero attached hydrogens (tertiary/aromatic N) is 1. The third kappa shape index (κ3) is 2.26. The highest BCUT2D eigenvalue weighted by Crippen LogP contribution is 2.54. The lowest BCUT2D eigenvalue weighted by Crippen LogP contribution is -2.54. The molecule has 1 aliphatic heterocycles. The number of ether oxygens (including phenoxy) is 1. The Morgan fingerprint density at radius 2 is 2.10 bits per heavy atom. The average molecular weight is 288 g/mol. The number of nitrogens with two attached hydrogens (primary N) is 1. The lowest BCUT2D eigenvalue weighted by molar-refractivity contribution is -0.142. The van der Waals surface area contributed by atoms with Crippen molar-refractivity contribution in [3.05, 3.63) is 29.8 Å². The Morgan fingerprint density at radius 1 is 1.38 bits per heavy atom. The Hall–Kier alpha value is -2.04. The molecule has 5 nitrogen and oxygen atoms in total. The average Bonchev–Trinajstić information content (AvgIpc) is 3.23. The number of amides is 2. The van der Waals surface area contributed by atoms with Gasteiger partial charge < -0.3 is 15.4 Å². The molecule has 0 aromatic heterocycles. The quantitative estimate of drug-likeness (QED) is 0.902. The maximum Gasteiger partial charge on any atom is 0.243 e. The maximum absolute atomic E-state index is 12.6. The zero-order valence-electron chi connectivity index (χ0n) is 12.2. The first-order valence-corrected chi connectivity index (χ1v) is 7.31. The van der Waals surface area contributed by atoms with Crippen LogP contribution in [0.3, 0.4) is 0 Å². The standard InChI is InChI=1S/C16H20N2O3/c1-21-13-6-4-11(5-7-13)9-14(19)18-8-2-3-12-10-16(12,18)15(17)20/h4-7,12H,2-3,8-10H2,1H3,(H2,17,20)/t12-,16+/m1/s1. The molecule has 2 atom stereocenters. The molecule has 0 bridgehead atoms. The first kappa shape index (κ1) is 13.9. The minimum Gasteiger partial charge on any atom is -0.497 e. The van der Waals surface area contributed by atoms with Crippen LogP contribution in [0, 0.1) is 5.92 Å². The first-order chi connectivity index (χ1) is 10.1. The second-order valence-corrected chi connectivity index (χ2v) is 5.90. The van der Waals surface area contributed by atoms with Crippen LogP contribution >= 0.6 is 0 Å². The zero-order valence-corrected chi connectivity index (χ0v) is 12.2. The molecule has 1 saturated heterocycles. The molecular weight excluding hydrogens is 268 g/mol. The van der Waals surface area contributed by atoms with Crippen LogP contribution < -0.4 is 10.5 Å². The number of methoxy groups -OCH3 is 1. The van der Waals surface area contributed by atoms with Crippen molar-refractivity contribution in [2.45, 2.75) is 31.2 Å². The zero-order chi connectivity index (χ0) is 15.0. The number of primary amides is 1. The summed E-state index contributed by atoms with van der Waals surface area (Å²) in [7, 11) is 1.61. The Bertz CT molecular complexity index is 569. The number of carbonyl (C=O) groups is 2. The van der Waals surface area contributed by atoms with E-state index >= 15 is 0 Å². The fraction of sp³-hybridized carbons (Fsp3) is 0.500. The number of hydrogen-bond donors (Lipinski definition) is 1. The third-order valence-electron chi connectivity index (χ3n) is 4.73. The molecule has 3 rings (SSSR count). The number of fused-ring (bicyclic) bond motifs is 1. The van der Waals surface area contributed by atoms with E-state index in [1.165, 1.54) is 0 Å². The highest BCUT2D eigenvalue weighted by Gasteiger charge is 2.65. The molecule has 2 amide bonds. The molecule has 1 saturated carbocycles. The predicted octanol–water partition coefficient (Wildman–Crippen LogP) is 1.10. The number of hydrogen-bond acceptors (Lipinski definition) is 3. The van der Waals surface area contributed by atoms with Crippen molar-refractivity contribution in [2.24, 2.45) is 11.7 Å². The van der Waals surface area contributed by atoms with Gasteiger partial charge in [0.25, 0.3) is 0 Å². The van der Waals surface area contributed by atoms with Crippen LogP contribution in [0.15, 0.2) is 24.3 Å². The summed E-state index contributed by atoms with van der Waals surface area (Å²) in [5, 5.41) is 0. The summed E-state index contributed by atoms with van der Waals surface area (Å²) in [6, 6.07) is 7.43.